The molecule has 1 unspecified atom stereocenters. The number of anilines is 1. The Morgan fingerprint density at radius 1 is 1.14 bits per heavy atom. The first-order chi connectivity index (χ1) is 10.2. The lowest BCUT2D eigenvalue weighted by Crippen LogP contribution is -2.24. The molecule has 1 atom stereocenters. The molecule has 3 aromatic rings. The lowest BCUT2D eigenvalue weighted by atomic mass is 10.1. The minimum Gasteiger partial charge on any atom is -0.478 e. The number of imidazole rings is 1. The van der Waals surface area contributed by atoms with E-state index in [1.807, 2.05) is 24.3 Å². The number of nitrogens with zero attached hydrogens (tertiary/aromatic N) is 1. The normalized spacial score (nSPS) is 17.1. The highest BCUT2D eigenvalue weighted by atomic mass is 16.5. The zero-order valence-corrected chi connectivity index (χ0v) is 12.1. The molecule has 4 nitrogen and oxygen atoms in total. The average molecular weight is 279 g/mol. The number of nitrogens with one attached hydrogen (secondary N) is 2. The summed E-state index contributed by atoms with van der Waals surface area (Å²) in [5.41, 5.74) is 5.63. The highest BCUT2D eigenvalue weighted by molar-refractivity contribution is 5.77. The van der Waals surface area contributed by atoms with Crippen LogP contribution in [-0.2, 0) is 0 Å². The van der Waals surface area contributed by atoms with Crippen molar-refractivity contribution in [2.75, 3.05) is 11.9 Å². The van der Waals surface area contributed by atoms with E-state index in [1.165, 1.54) is 11.1 Å². The van der Waals surface area contributed by atoms with Gasteiger partial charge in [0, 0.05) is 0 Å². The molecule has 2 aromatic carbocycles. The number of rotatable bonds is 1. The predicted molar refractivity (Wildman–Crippen MR) is 83.9 cm³/mol. The molecule has 4 rings (SSSR count). The van der Waals surface area contributed by atoms with Crippen molar-refractivity contribution in [1.82, 2.24) is 9.97 Å². The number of benzene rings is 2. The van der Waals surface area contributed by atoms with Crippen LogP contribution in [0.3, 0.4) is 0 Å². The van der Waals surface area contributed by atoms with E-state index in [-0.39, 0.29) is 6.10 Å². The summed E-state index contributed by atoms with van der Waals surface area (Å²) >= 11 is 0. The van der Waals surface area contributed by atoms with Gasteiger partial charge in [0.25, 0.3) is 0 Å². The van der Waals surface area contributed by atoms with Crippen molar-refractivity contribution < 1.29 is 4.74 Å². The quantitative estimate of drug-likeness (QED) is 0.713. The van der Waals surface area contributed by atoms with Gasteiger partial charge in [0.05, 0.1) is 23.3 Å². The molecular weight excluding hydrogens is 262 g/mol. The van der Waals surface area contributed by atoms with Crippen LogP contribution in [0.25, 0.3) is 11.0 Å². The molecule has 1 aliphatic heterocycles. The molecule has 0 aliphatic carbocycles. The summed E-state index contributed by atoms with van der Waals surface area (Å²) < 4.78 is 6.05. The number of fused-ring (bicyclic) bond motifs is 2. The van der Waals surface area contributed by atoms with Crippen LogP contribution in [0.15, 0.2) is 36.4 Å². The highest BCUT2D eigenvalue weighted by Crippen LogP contribution is 2.33. The first kappa shape index (κ1) is 12.3. The molecule has 21 heavy (non-hydrogen) atoms. The number of hydrogen-bond acceptors (Lipinski definition) is 3. The zero-order valence-electron chi connectivity index (χ0n) is 12.1. The van der Waals surface area contributed by atoms with E-state index in [2.05, 4.69) is 36.3 Å². The third kappa shape index (κ3) is 2.03. The third-order valence-corrected chi connectivity index (χ3v) is 4.05. The summed E-state index contributed by atoms with van der Waals surface area (Å²) in [5, 5.41) is 3.39. The van der Waals surface area contributed by atoms with Crippen LogP contribution in [0.2, 0.25) is 0 Å². The molecule has 4 heteroatoms. The van der Waals surface area contributed by atoms with E-state index >= 15 is 0 Å². The summed E-state index contributed by atoms with van der Waals surface area (Å²) in [7, 11) is 0. The number of aryl methyl sites for hydroxylation is 2. The van der Waals surface area contributed by atoms with Crippen LogP contribution < -0.4 is 10.1 Å². The van der Waals surface area contributed by atoms with Gasteiger partial charge in [-0.25, -0.2) is 4.98 Å². The van der Waals surface area contributed by atoms with Crippen molar-refractivity contribution in [2.24, 2.45) is 0 Å². The third-order valence-electron chi connectivity index (χ3n) is 4.05. The fraction of sp³-hybridized carbons (Fsp3) is 0.235. The molecule has 0 saturated carbocycles. The van der Waals surface area contributed by atoms with Gasteiger partial charge in [-0.15, -0.1) is 0 Å². The second kappa shape index (κ2) is 4.52. The molecular formula is C17H17N3O. The van der Waals surface area contributed by atoms with Gasteiger partial charge in [-0.3, -0.25) is 0 Å². The summed E-state index contributed by atoms with van der Waals surface area (Å²) in [6, 6.07) is 12.2. The maximum absolute atomic E-state index is 6.05. The van der Waals surface area contributed by atoms with Gasteiger partial charge in [0.15, 0.2) is 6.10 Å². The molecule has 2 N–H and O–H groups in total. The number of aromatic nitrogens is 2. The van der Waals surface area contributed by atoms with E-state index in [0.717, 1.165) is 34.8 Å². The molecule has 0 amide bonds. The maximum Gasteiger partial charge on any atom is 0.173 e. The number of aromatic amines is 1. The molecule has 2 heterocycles. The van der Waals surface area contributed by atoms with Crippen LogP contribution >= 0.6 is 0 Å². The average Bonchev–Trinajstić information content (AvgIpc) is 2.90. The molecule has 1 aliphatic rings. The van der Waals surface area contributed by atoms with Gasteiger partial charge in [0.1, 0.15) is 11.6 Å². The lowest BCUT2D eigenvalue weighted by Gasteiger charge is -2.25. The Hall–Kier alpha value is -2.49. The Balaban J connectivity index is 1.71. The maximum atomic E-state index is 6.05. The predicted octanol–water partition coefficient (Wildman–Crippen LogP) is 3.73. The summed E-state index contributed by atoms with van der Waals surface area (Å²) in [4.78, 5) is 8.08. The minimum absolute atomic E-state index is 0.0899. The Morgan fingerprint density at radius 2 is 1.95 bits per heavy atom. The molecule has 1 aromatic heterocycles. The van der Waals surface area contributed by atoms with Gasteiger partial charge < -0.3 is 15.0 Å². The number of ether oxygens (including phenoxy) is 1. The Bertz CT molecular complexity index is 783. The molecule has 0 radical (unpaired) electrons. The van der Waals surface area contributed by atoms with Crippen LogP contribution in [0.5, 0.6) is 5.75 Å². The first-order valence-electron chi connectivity index (χ1n) is 7.17. The van der Waals surface area contributed by atoms with Crippen molar-refractivity contribution in [3.8, 4) is 5.75 Å². The topological polar surface area (TPSA) is 49.9 Å². The van der Waals surface area contributed by atoms with Crippen LogP contribution in [0.4, 0.5) is 5.69 Å². The zero-order chi connectivity index (χ0) is 14.4. The standard InChI is InChI=1S/C17H17N3O/c1-10-7-13-14(8-11(10)2)20-17(19-13)16-9-18-12-5-3-4-6-15(12)21-16/h3-8,16,18H,9H2,1-2H3,(H,19,20). The van der Waals surface area contributed by atoms with Crippen molar-refractivity contribution >= 4 is 16.7 Å². The molecule has 0 bridgehead atoms. The van der Waals surface area contributed by atoms with Gasteiger partial charge in [-0.1, -0.05) is 12.1 Å². The van der Waals surface area contributed by atoms with E-state index in [9.17, 15) is 0 Å². The summed E-state index contributed by atoms with van der Waals surface area (Å²) in [6.45, 7) is 4.94. The monoisotopic (exact) mass is 279 g/mol. The van der Waals surface area contributed by atoms with Crippen molar-refractivity contribution in [1.29, 1.82) is 0 Å². The van der Waals surface area contributed by atoms with Gasteiger partial charge in [0.2, 0.25) is 0 Å². The largest absolute Gasteiger partial charge is 0.478 e. The van der Waals surface area contributed by atoms with Gasteiger partial charge in [-0.05, 0) is 49.2 Å². The fourth-order valence-electron chi connectivity index (χ4n) is 2.71. The van der Waals surface area contributed by atoms with E-state index in [0.29, 0.717) is 0 Å². The Labute approximate surface area is 123 Å². The minimum atomic E-state index is -0.0899. The van der Waals surface area contributed by atoms with Crippen LogP contribution in [0.1, 0.15) is 23.1 Å². The summed E-state index contributed by atoms with van der Waals surface area (Å²) in [6.07, 6.45) is -0.0899. The molecule has 106 valence electrons. The Morgan fingerprint density at radius 3 is 2.86 bits per heavy atom. The molecule has 0 saturated heterocycles. The first-order valence-corrected chi connectivity index (χ1v) is 7.17. The second-order valence-corrected chi connectivity index (χ2v) is 5.56. The van der Waals surface area contributed by atoms with Crippen molar-refractivity contribution in [2.45, 2.75) is 20.0 Å². The van der Waals surface area contributed by atoms with E-state index in [4.69, 9.17) is 9.72 Å². The van der Waals surface area contributed by atoms with Crippen LogP contribution in [0, 0.1) is 13.8 Å². The lowest BCUT2D eigenvalue weighted by molar-refractivity contribution is 0.202. The Kier molecular flexibility index (Phi) is 2.64. The van der Waals surface area contributed by atoms with Crippen molar-refractivity contribution in [3.63, 3.8) is 0 Å². The van der Waals surface area contributed by atoms with Gasteiger partial charge >= 0.3 is 0 Å². The second-order valence-electron chi connectivity index (χ2n) is 5.56. The van der Waals surface area contributed by atoms with E-state index < -0.39 is 0 Å². The number of para-hydroxylation sites is 2. The molecule has 0 fully saturated rings. The number of H-pyrrole nitrogens is 1. The SMILES string of the molecule is Cc1cc2nc(C3CNc4ccccc4O3)[nH]c2cc1C. The fourth-order valence-corrected chi connectivity index (χ4v) is 2.71. The van der Waals surface area contributed by atoms with Gasteiger partial charge in [-0.2, -0.15) is 0 Å². The van der Waals surface area contributed by atoms with Crippen molar-refractivity contribution in [3.05, 3.63) is 53.3 Å². The smallest absolute Gasteiger partial charge is 0.173 e. The van der Waals surface area contributed by atoms with Crippen LogP contribution in [-0.4, -0.2) is 16.5 Å². The summed E-state index contributed by atoms with van der Waals surface area (Å²) in [5.74, 6) is 1.75. The highest BCUT2D eigenvalue weighted by Gasteiger charge is 2.23. The molecule has 0 spiro atoms. The van der Waals surface area contributed by atoms with E-state index in [1.54, 1.807) is 0 Å². The number of hydrogen-bond donors (Lipinski definition) is 2.